The van der Waals surface area contributed by atoms with Crippen molar-refractivity contribution in [3.05, 3.63) is 114 Å². The molecule has 0 saturated heterocycles. The molecule has 2 aliphatic carbocycles. The molecule has 2 aliphatic heterocycles. The van der Waals surface area contributed by atoms with Crippen molar-refractivity contribution in [3.63, 3.8) is 0 Å². The molecule has 4 aromatic rings. The number of halogens is 2. The third-order valence-electron chi connectivity index (χ3n) is 12.0. The molecular formula is C46H50Br2N4O6. The smallest absolute Gasteiger partial charge is 0.336 e. The quantitative estimate of drug-likeness (QED) is 0.140. The molecule has 0 amide bonds. The lowest BCUT2D eigenvalue weighted by atomic mass is 9.67. The van der Waals surface area contributed by atoms with Crippen molar-refractivity contribution >= 4 is 77.2 Å². The zero-order valence-corrected chi connectivity index (χ0v) is 37.4. The zero-order valence-electron chi connectivity index (χ0n) is 34.2. The molecule has 2 aromatic heterocycles. The second-order valence-corrected chi connectivity index (χ2v) is 18.5. The SMILES string of the molecule is CCOC(=O)C1=C(C)NC2=C(C(=O)C(C)(C)CC2)[C@@H]1c1c[nH]c2ccc(Br)cc12.CCOC(=O)C1=C(C)NC2=C(C(=O)C(C)(C)CC2)[C@H]1c1c[nH]c2ccc(Br)cc12. The number of hydrogen-bond donors (Lipinski definition) is 4. The number of rotatable bonds is 6. The van der Waals surface area contributed by atoms with Crippen molar-refractivity contribution in [2.24, 2.45) is 10.8 Å². The standard InChI is InChI=1S/2C23H25BrN2O3/c2*1-5-29-22(28)18-12(2)26-17-8-9-23(3,4)21(27)20(17)19(18)15-11-25-16-7-6-13(24)10-14(15)16/h2*6-7,10-11,19,25-26H,5,8-9H2,1-4H3/t2*19-/m10/s1. The summed E-state index contributed by atoms with van der Waals surface area (Å²) in [6.45, 7) is 15.9. The number of esters is 2. The topological polar surface area (TPSA) is 142 Å². The van der Waals surface area contributed by atoms with Gasteiger partial charge in [-0.15, -0.1) is 0 Å². The van der Waals surface area contributed by atoms with Gasteiger partial charge in [0.25, 0.3) is 0 Å². The van der Waals surface area contributed by atoms with E-state index in [0.29, 0.717) is 22.3 Å². The Balaban J connectivity index is 0.000000177. The summed E-state index contributed by atoms with van der Waals surface area (Å²) >= 11 is 7.09. The van der Waals surface area contributed by atoms with Crippen LogP contribution in [0.2, 0.25) is 0 Å². The van der Waals surface area contributed by atoms with E-state index in [0.717, 1.165) is 90.3 Å². The minimum Gasteiger partial charge on any atom is -0.463 e. The number of dihydropyridines is 2. The summed E-state index contributed by atoms with van der Waals surface area (Å²) in [4.78, 5) is 59.6. The van der Waals surface area contributed by atoms with Crippen LogP contribution in [0.1, 0.15) is 104 Å². The number of fused-ring (bicyclic) bond motifs is 2. The van der Waals surface area contributed by atoms with Crippen molar-refractivity contribution in [3.8, 4) is 0 Å². The van der Waals surface area contributed by atoms with Gasteiger partial charge in [-0.2, -0.15) is 0 Å². The summed E-state index contributed by atoms with van der Waals surface area (Å²) in [6.07, 6.45) is 6.96. The first-order chi connectivity index (χ1) is 27.5. The number of H-pyrrole nitrogens is 2. The second-order valence-electron chi connectivity index (χ2n) is 16.7. The first-order valence-corrected chi connectivity index (χ1v) is 21.5. The van der Waals surface area contributed by atoms with Crippen LogP contribution in [0.5, 0.6) is 0 Å². The average Bonchev–Trinajstić information content (AvgIpc) is 3.78. The van der Waals surface area contributed by atoms with Gasteiger partial charge in [-0.3, -0.25) is 9.59 Å². The van der Waals surface area contributed by atoms with Crippen LogP contribution >= 0.6 is 31.9 Å². The van der Waals surface area contributed by atoms with Crippen LogP contribution in [0.4, 0.5) is 0 Å². The second kappa shape index (κ2) is 15.8. The van der Waals surface area contributed by atoms with Gasteiger partial charge in [0.1, 0.15) is 0 Å². The fourth-order valence-electron chi connectivity index (χ4n) is 8.84. The minimum absolute atomic E-state index is 0.0925. The molecule has 4 heterocycles. The Bertz CT molecular complexity index is 2360. The first kappa shape index (κ1) is 41.5. The molecule has 0 fully saturated rings. The van der Waals surface area contributed by atoms with Gasteiger partial charge in [-0.05, 0) is 101 Å². The fraction of sp³-hybridized carbons (Fsp3) is 0.391. The van der Waals surface area contributed by atoms with Crippen molar-refractivity contribution in [1.82, 2.24) is 20.6 Å². The number of carbonyl (C=O) groups is 4. The molecule has 12 heteroatoms. The van der Waals surface area contributed by atoms with Gasteiger partial charge in [0.15, 0.2) is 11.6 Å². The highest BCUT2D eigenvalue weighted by Gasteiger charge is 2.47. The lowest BCUT2D eigenvalue weighted by Crippen LogP contribution is -2.40. The highest BCUT2D eigenvalue weighted by atomic mass is 79.9. The molecule has 58 heavy (non-hydrogen) atoms. The fourth-order valence-corrected chi connectivity index (χ4v) is 9.56. The van der Waals surface area contributed by atoms with Crippen molar-refractivity contribution in [2.45, 2.75) is 92.9 Å². The van der Waals surface area contributed by atoms with Gasteiger partial charge in [-0.25, -0.2) is 9.59 Å². The number of carbonyl (C=O) groups excluding carboxylic acids is 4. The number of allylic oxidation sites excluding steroid dienone is 6. The van der Waals surface area contributed by atoms with Crippen LogP contribution < -0.4 is 10.6 Å². The number of ether oxygens (including phenoxy) is 2. The van der Waals surface area contributed by atoms with Gasteiger partial charge in [0.2, 0.25) is 0 Å². The Hall–Kier alpha value is -4.68. The van der Waals surface area contributed by atoms with Gasteiger partial charge < -0.3 is 30.1 Å². The van der Waals surface area contributed by atoms with Crippen molar-refractivity contribution in [2.75, 3.05) is 13.2 Å². The third kappa shape index (κ3) is 7.31. The Kier molecular flexibility index (Phi) is 11.3. The Labute approximate surface area is 355 Å². The molecule has 10 nitrogen and oxygen atoms in total. The van der Waals surface area contributed by atoms with Gasteiger partial charge >= 0.3 is 11.9 Å². The van der Waals surface area contributed by atoms with Crippen LogP contribution in [0.3, 0.4) is 0 Å². The predicted molar refractivity (Wildman–Crippen MR) is 233 cm³/mol. The zero-order chi connectivity index (χ0) is 41.8. The van der Waals surface area contributed by atoms with Crippen LogP contribution in [0, 0.1) is 10.8 Å². The number of Topliss-reactive ketones (excluding diaryl/α,β-unsaturated/α-hetero) is 2. The van der Waals surface area contributed by atoms with Crippen LogP contribution in [-0.4, -0.2) is 46.7 Å². The molecule has 8 rings (SSSR count). The maximum atomic E-state index is 13.5. The Morgan fingerprint density at radius 1 is 0.672 bits per heavy atom. The van der Waals surface area contributed by atoms with Gasteiger partial charge in [0.05, 0.1) is 36.2 Å². The van der Waals surface area contributed by atoms with E-state index in [2.05, 4.69) is 52.5 Å². The molecule has 304 valence electrons. The number of ketones is 2. The van der Waals surface area contributed by atoms with E-state index >= 15 is 0 Å². The van der Waals surface area contributed by atoms with Crippen molar-refractivity contribution in [1.29, 1.82) is 0 Å². The maximum absolute atomic E-state index is 13.5. The molecule has 4 N–H and O–H groups in total. The minimum atomic E-state index is -0.462. The normalized spacial score (nSPS) is 21.3. The summed E-state index contributed by atoms with van der Waals surface area (Å²) in [6, 6.07) is 12.0. The molecular weight excluding hydrogens is 864 g/mol. The lowest BCUT2D eigenvalue weighted by Gasteiger charge is -2.39. The molecule has 0 bridgehead atoms. The van der Waals surface area contributed by atoms with E-state index < -0.39 is 22.7 Å². The number of benzene rings is 2. The molecule has 2 atom stereocenters. The molecule has 0 unspecified atom stereocenters. The molecule has 0 saturated carbocycles. The van der Waals surface area contributed by atoms with E-state index in [1.54, 1.807) is 13.8 Å². The molecule has 4 aliphatic rings. The van der Waals surface area contributed by atoms with Gasteiger partial charge in [-0.1, -0.05) is 59.6 Å². The Morgan fingerprint density at radius 3 is 1.41 bits per heavy atom. The summed E-state index contributed by atoms with van der Waals surface area (Å²) < 4.78 is 12.7. The van der Waals surface area contributed by atoms with Gasteiger partial charge in [0, 0.05) is 87.9 Å². The molecule has 0 radical (unpaired) electrons. The molecule has 2 aromatic carbocycles. The summed E-state index contributed by atoms with van der Waals surface area (Å²) in [5.74, 6) is -1.49. The van der Waals surface area contributed by atoms with E-state index in [-0.39, 0.29) is 36.7 Å². The predicted octanol–water partition coefficient (Wildman–Crippen LogP) is 10.2. The first-order valence-electron chi connectivity index (χ1n) is 19.9. The van der Waals surface area contributed by atoms with E-state index in [9.17, 15) is 19.2 Å². The molecule has 0 spiro atoms. The lowest BCUT2D eigenvalue weighted by molar-refractivity contribution is -0.140. The Morgan fingerprint density at radius 2 is 1.05 bits per heavy atom. The third-order valence-corrected chi connectivity index (χ3v) is 13.0. The number of aromatic nitrogens is 2. The van der Waals surface area contributed by atoms with Crippen molar-refractivity contribution < 1.29 is 28.7 Å². The monoisotopic (exact) mass is 912 g/mol. The van der Waals surface area contributed by atoms with E-state index in [4.69, 9.17) is 9.47 Å². The van der Waals surface area contributed by atoms with Crippen LogP contribution in [-0.2, 0) is 28.7 Å². The highest BCUT2D eigenvalue weighted by Crippen LogP contribution is 2.50. The average molecular weight is 915 g/mol. The summed E-state index contributed by atoms with van der Waals surface area (Å²) in [5, 5.41) is 8.67. The number of nitrogens with one attached hydrogen (secondary N) is 4. The van der Waals surface area contributed by atoms with Crippen LogP contribution in [0.15, 0.2) is 103 Å². The largest absolute Gasteiger partial charge is 0.463 e. The highest BCUT2D eigenvalue weighted by molar-refractivity contribution is 9.10. The van der Waals surface area contributed by atoms with E-state index in [1.165, 1.54) is 0 Å². The summed E-state index contributed by atoms with van der Waals surface area (Å²) in [7, 11) is 0. The van der Waals surface area contributed by atoms with E-state index in [1.807, 2.05) is 90.3 Å². The maximum Gasteiger partial charge on any atom is 0.336 e. The van der Waals surface area contributed by atoms with Crippen LogP contribution in [0.25, 0.3) is 21.8 Å². The summed E-state index contributed by atoms with van der Waals surface area (Å²) in [5.41, 5.74) is 8.61. The number of hydrogen-bond acceptors (Lipinski definition) is 8. The number of aromatic amines is 2.